The molecule has 11 heteroatoms. The fraction of sp³-hybridized carbons (Fsp3) is 0.269. The molecule has 0 bridgehead atoms. The third-order valence-corrected chi connectivity index (χ3v) is 8.98. The molecule has 1 N–H and O–H groups in total. The van der Waals surface area contributed by atoms with E-state index >= 15 is 0 Å². The molecule has 37 heavy (non-hydrogen) atoms. The van der Waals surface area contributed by atoms with Crippen LogP contribution in [0.2, 0.25) is 0 Å². The molecule has 0 radical (unpaired) electrons. The molecule has 2 aromatic carbocycles. The smallest absolute Gasteiger partial charge is 0.348 e. The number of hydrogen-bond acceptors (Lipinski definition) is 7. The number of thiophene rings is 1. The van der Waals surface area contributed by atoms with E-state index in [1.54, 1.807) is 19.9 Å². The normalized spacial score (nSPS) is 11.7. The third kappa shape index (κ3) is 5.58. The Balaban J connectivity index is 1.33. The number of fused-ring (bicyclic) bond motifs is 1. The van der Waals surface area contributed by atoms with Crippen molar-refractivity contribution in [1.29, 1.82) is 0 Å². The van der Waals surface area contributed by atoms with Gasteiger partial charge in [-0.3, -0.25) is 4.79 Å². The minimum Gasteiger partial charge on any atom is -0.460 e. The van der Waals surface area contributed by atoms with Crippen LogP contribution in [0.25, 0.3) is 15.9 Å². The van der Waals surface area contributed by atoms with Gasteiger partial charge in [-0.25, -0.2) is 17.9 Å². The molecular weight excluding hydrogens is 512 g/mol. The first-order chi connectivity index (χ1) is 17.8. The van der Waals surface area contributed by atoms with E-state index in [0.717, 1.165) is 21.6 Å². The van der Waals surface area contributed by atoms with Crippen molar-refractivity contribution in [3.8, 4) is 5.69 Å². The topological polar surface area (TPSA) is 111 Å². The van der Waals surface area contributed by atoms with Gasteiger partial charge in [0.15, 0.2) is 0 Å². The highest BCUT2D eigenvalue weighted by molar-refractivity contribution is 7.89. The Morgan fingerprint density at radius 2 is 1.73 bits per heavy atom. The van der Waals surface area contributed by atoms with Crippen LogP contribution in [-0.4, -0.2) is 60.6 Å². The van der Waals surface area contributed by atoms with Crippen LogP contribution in [-0.2, 0) is 14.8 Å². The van der Waals surface area contributed by atoms with Crippen LogP contribution in [0.1, 0.15) is 39.6 Å². The molecule has 194 valence electrons. The van der Waals surface area contributed by atoms with Gasteiger partial charge in [-0.2, -0.15) is 9.40 Å². The number of rotatable bonds is 10. The van der Waals surface area contributed by atoms with Crippen LogP contribution in [0.15, 0.2) is 65.6 Å². The maximum atomic E-state index is 12.6. The highest BCUT2D eigenvalue weighted by atomic mass is 32.2. The van der Waals surface area contributed by atoms with Crippen molar-refractivity contribution in [1.82, 2.24) is 19.4 Å². The SMILES string of the molecule is CCN(CC)S(=O)(=O)c1ccc(C(=O)NCCOC(=O)c2cc3c(C)nn(-c4ccccc4)c3s2)cc1. The highest BCUT2D eigenvalue weighted by Gasteiger charge is 2.22. The summed E-state index contributed by atoms with van der Waals surface area (Å²) < 4.78 is 33.7. The van der Waals surface area contributed by atoms with Gasteiger partial charge in [-0.1, -0.05) is 32.0 Å². The van der Waals surface area contributed by atoms with E-state index < -0.39 is 16.0 Å². The number of nitrogens with one attached hydrogen (secondary N) is 1. The number of nitrogens with zero attached hydrogens (tertiary/aromatic N) is 3. The predicted molar refractivity (Wildman–Crippen MR) is 143 cm³/mol. The Hall–Kier alpha value is -3.54. The molecule has 0 atom stereocenters. The van der Waals surface area contributed by atoms with Gasteiger partial charge in [0.25, 0.3) is 5.91 Å². The van der Waals surface area contributed by atoms with E-state index in [1.165, 1.54) is 39.9 Å². The van der Waals surface area contributed by atoms with Crippen molar-refractivity contribution in [3.05, 3.63) is 76.8 Å². The second kappa shape index (κ2) is 11.2. The van der Waals surface area contributed by atoms with E-state index in [1.807, 2.05) is 41.9 Å². The minimum absolute atomic E-state index is 0.00294. The summed E-state index contributed by atoms with van der Waals surface area (Å²) in [5.41, 5.74) is 2.04. The Morgan fingerprint density at radius 3 is 2.38 bits per heavy atom. The lowest BCUT2D eigenvalue weighted by molar-refractivity contribution is 0.0509. The molecule has 4 aromatic rings. The average molecular weight is 541 g/mol. The summed E-state index contributed by atoms with van der Waals surface area (Å²) in [7, 11) is -3.59. The zero-order chi connectivity index (χ0) is 26.6. The lowest BCUT2D eigenvalue weighted by atomic mass is 10.2. The van der Waals surface area contributed by atoms with Crippen molar-refractivity contribution in [2.24, 2.45) is 0 Å². The number of aryl methyl sites for hydroxylation is 1. The highest BCUT2D eigenvalue weighted by Crippen LogP contribution is 2.30. The Morgan fingerprint density at radius 1 is 1.05 bits per heavy atom. The van der Waals surface area contributed by atoms with Crippen LogP contribution in [0.5, 0.6) is 0 Å². The van der Waals surface area contributed by atoms with Gasteiger partial charge in [0.1, 0.15) is 16.3 Å². The van der Waals surface area contributed by atoms with E-state index in [4.69, 9.17) is 4.74 Å². The van der Waals surface area contributed by atoms with Crippen molar-refractivity contribution in [3.63, 3.8) is 0 Å². The molecule has 9 nitrogen and oxygen atoms in total. The second-order valence-electron chi connectivity index (χ2n) is 8.17. The Kier molecular flexibility index (Phi) is 8.06. The number of para-hydroxylation sites is 1. The monoisotopic (exact) mass is 540 g/mol. The number of aromatic nitrogens is 2. The van der Waals surface area contributed by atoms with Gasteiger partial charge in [-0.15, -0.1) is 11.3 Å². The summed E-state index contributed by atoms with van der Waals surface area (Å²) in [6.07, 6.45) is 0. The summed E-state index contributed by atoms with van der Waals surface area (Å²) in [5, 5.41) is 8.14. The molecule has 4 rings (SSSR count). The summed E-state index contributed by atoms with van der Waals surface area (Å²) in [5.74, 6) is -0.858. The molecule has 0 saturated heterocycles. The summed E-state index contributed by atoms with van der Waals surface area (Å²) in [6.45, 7) is 6.29. The van der Waals surface area contributed by atoms with Crippen molar-refractivity contribution in [2.45, 2.75) is 25.7 Å². The lowest BCUT2D eigenvalue weighted by Gasteiger charge is -2.18. The Labute approximate surface area is 219 Å². The van der Waals surface area contributed by atoms with Gasteiger partial charge in [0.2, 0.25) is 10.0 Å². The van der Waals surface area contributed by atoms with Gasteiger partial charge in [-0.05, 0) is 49.4 Å². The fourth-order valence-corrected chi connectivity index (χ4v) is 6.40. The number of benzene rings is 2. The van der Waals surface area contributed by atoms with Crippen LogP contribution in [0.4, 0.5) is 0 Å². The maximum absolute atomic E-state index is 12.6. The average Bonchev–Trinajstić information content (AvgIpc) is 3.48. The standard InChI is InChI=1S/C26H28N4O5S2/c1-4-29(5-2)37(33,34)21-13-11-19(12-14-21)24(31)27-15-16-35-26(32)23-17-22-18(3)28-30(25(22)36-23)20-9-7-6-8-10-20/h6-14,17H,4-5,15-16H2,1-3H3,(H,27,31). The first-order valence-electron chi connectivity index (χ1n) is 11.9. The Bertz CT molecular complexity index is 1510. The molecule has 0 aliphatic carbocycles. The van der Waals surface area contributed by atoms with Crippen molar-refractivity contribution >= 4 is 43.5 Å². The van der Waals surface area contributed by atoms with E-state index in [9.17, 15) is 18.0 Å². The quantitative estimate of drug-likeness (QED) is 0.240. The number of hydrogen-bond donors (Lipinski definition) is 1. The van der Waals surface area contributed by atoms with E-state index in [2.05, 4.69) is 10.4 Å². The minimum atomic E-state index is -3.59. The van der Waals surface area contributed by atoms with Gasteiger partial charge in [0, 0.05) is 24.0 Å². The number of carbonyl (C=O) groups excluding carboxylic acids is 2. The molecule has 2 aromatic heterocycles. The predicted octanol–water partition coefficient (Wildman–Crippen LogP) is 4.01. The zero-order valence-electron chi connectivity index (χ0n) is 20.8. The molecule has 0 spiro atoms. The zero-order valence-corrected chi connectivity index (χ0v) is 22.4. The molecule has 0 fully saturated rings. The van der Waals surface area contributed by atoms with Crippen molar-refractivity contribution < 1.29 is 22.7 Å². The first kappa shape index (κ1) is 26.5. The molecule has 0 aliphatic rings. The molecule has 0 unspecified atom stereocenters. The van der Waals surface area contributed by atoms with Gasteiger partial charge < -0.3 is 10.1 Å². The van der Waals surface area contributed by atoms with E-state index in [-0.39, 0.29) is 24.0 Å². The molecule has 2 heterocycles. The molecule has 0 saturated carbocycles. The van der Waals surface area contributed by atoms with Gasteiger partial charge in [0.05, 0.1) is 22.8 Å². The van der Waals surface area contributed by atoms with E-state index in [0.29, 0.717) is 23.5 Å². The second-order valence-corrected chi connectivity index (χ2v) is 11.1. The van der Waals surface area contributed by atoms with Crippen LogP contribution in [0.3, 0.4) is 0 Å². The molecule has 0 aliphatic heterocycles. The summed E-state index contributed by atoms with van der Waals surface area (Å²) in [4.78, 5) is 26.5. The van der Waals surface area contributed by atoms with Crippen molar-refractivity contribution in [2.75, 3.05) is 26.2 Å². The third-order valence-electron chi connectivity index (χ3n) is 5.83. The van der Waals surface area contributed by atoms with Crippen LogP contribution >= 0.6 is 11.3 Å². The molecular formula is C26H28N4O5S2. The largest absolute Gasteiger partial charge is 0.460 e. The lowest BCUT2D eigenvalue weighted by Crippen LogP contribution is -2.31. The fourth-order valence-electron chi connectivity index (χ4n) is 3.86. The number of carbonyl (C=O) groups is 2. The number of sulfonamides is 1. The van der Waals surface area contributed by atoms with Crippen LogP contribution < -0.4 is 5.32 Å². The summed E-state index contributed by atoms with van der Waals surface area (Å²) in [6, 6.07) is 17.2. The molecule has 1 amide bonds. The summed E-state index contributed by atoms with van der Waals surface area (Å²) >= 11 is 1.30. The van der Waals surface area contributed by atoms with Gasteiger partial charge >= 0.3 is 5.97 Å². The number of ether oxygens (including phenoxy) is 1. The first-order valence-corrected chi connectivity index (χ1v) is 14.1. The number of esters is 1. The van der Waals surface area contributed by atoms with Crippen LogP contribution in [0, 0.1) is 6.92 Å². The maximum Gasteiger partial charge on any atom is 0.348 e. The number of amides is 1.